The van der Waals surface area contributed by atoms with E-state index in [0.717, 1.165) is 0 Å². The smallest absolute Gasteiger partial charge is 0.299 e. The second-order valence-electron chi connectivity index (χ2n) is 1.72. The molecule has 0 saturated heterocycles. The molecule has 0 heterocycles. The molecule has 0 aromatic heterocycles. The molecule has 2 unspecified atom stereocenters. The molecule has 74 valence electrons. The first kappa shape index (κ1) is 12.4. The van der Waals surface area contributed by atoms with Crippen molar-refractivity contribution in [2.75, 3.05) is 6.61 Å². The summed E-state index contributed by atoms with van der Waals surface area (Å²) in [6, 6.07) is 0. The highest BCUT2D eigenvalue weighted by Gasteiger charge is 2.24. The van der Waals surface area contributed by atoms with Crippen LogP contribution in [0.4, 0.5) is 0 Å². The lowest BCUT2D eigenvalue weighted by Gasteiger charge is -2.10. The highest BCUT2D eigenvalue weighted by Crippen LogP contribution is 2.43. The van der Waals surface area contributed by atoms with Crippen molar-refractivity contribution in [2.24, 2.45) is 0 Å². The molecule has 0 aliphatic rings. The summed E-state index contributed by atoms with van der Waals surface area (Å²) in [5.74, 6) is 0. The SMILES string of the molecule is CCOOP(=O)(O)OOC(C)S. The van der Waals surface area contributed by atoms with Crippen molar-refractivity contribution in [3.63, 3.8) is 0 Å². The van der Waals surface area contributed by atoms with Gasteiger partial charge in [0.25, 0.3) is 0 Å². The highest BCUT2D eigenvalue weighted by atomic mass is 32.1. The maximum atomic E-state index is 10.7. The van der Waals surface area contributed by atoms with Gasteiger partial charge < -0.3 is 0 Å². The van der Waals surface area contributed by atoms with Crippen LogP contribution in [0.5, 0.6) is 0 Å². The Morgan fingerprint density at radius 1 is 1.58 bits per heavy atom. The maximum absolute atomic E-state index is 10.7. The number of rotatable bonds is 6. The second-order valence-corrected chi connectivity index (χ2v) is 3.68. The molecule has 0 spiro atoms. The van der Waals surface area contributed by atoms with E-state index in [-0.39, 0.29) is 6.61 Å². The lowest BCUT2D eigenvalue weighted by Crippen LogP contribution is -2.02. The van der Waals surface area contributed by atoms with Crippen LogP contribution in [0.25, 0.3) is 0 Å². The normalized spacial score (nSPS) is 18.7. The van der Waals surface area contributed by atoms with Crippen LogP contribution in [0.15, 0.2) is 0 Å². The summed E-state index contributed by atoms with van der Waals surface area (Å²) in [6.07, 6.45) is 0. The maximum Gasteiger partial charge on any atom is 0.526 e. The number of hydrogen-bond donors (Lipinski definition) is 2. The second kappa shape index (κ2) is 5.93. The van der Waals surface area contributed by atoms with Gasteiger partial charge in [-0.3, -0.25) is 4.89 Å². The molecule has 0 fully saturated rings. The molecular formula is C4H11O6PS. The zero-order chi connectivity index (χ0) is 9.61. The zero-order valence-corrected chi connectivity index (χ0v) is 8.46. The van der Waals surface area contributed by atoms with Crippen LogP contribution in [0, 0.1) is 0 Å². The molecule has 0 amide bonds. The van der Waals surface area contributed by atoms with Crippen molar-refractivity contribution in [1.29, 1.82) is 0 Å². The van der Waals surface area contributed by atoms with E-state index >= 15 is 0 Å². The molecule has 0 saturated carbocycles. The van der Waals surface area contributed by atoms with Gasteiger partial charge in [-0.2, -0.15) is 0 Å². The van der Waals surface area contributed by atoms with E-state index < -0.39 is 13.3 Å². The Kier molecular flexibility index (Phi) is 6.12. The Bertz CT molecular complexity index is 162. The predicted molar refractivity (Wildman–Crippen MR) is 43.2 cm³/mol. The van der Waals surface area contributed by atoms with E-state index in [4.69, 9.17) is 4.89 Å². The summed E-state index contributed by atoms with van der Waals surface area (Å²) in [6.45, 7) is 3.22. The van der Waals surface area contributed by atoms with Gasteiger partial charge in [0.2, 0.25) is 0 Å². The topological polar surface area (TPSA) is 74.2 Å². The average molecular weight is 218 g/mol. The number of thiol groups is 1. The molecule has 12 heavy (non-hydrogen) atoms. The van der Waals surface area contributed by atoms with Gasteiger partial charge in [0.15, 0.2) is 0 Å². The van der Waals surface area contributed by atoms with Gasteiger partial charge in [-0.1, -0.05) is 0 Å². The minimum atomic E-state index is -4.26. The Morgan fingerprint density at radius 2 is 2.17 bits per heavy atom. The molecule has 8 heteroatoms. The van der Waals surface area contributed by atoms with Crippen molar-refractivity contribution in [2.45, 2.75) is 19.3 Å². The molecule has 0 aromatic rings. The molecule has 6 nitrogen and oxygen atoms in total. The Balaban J connectivity index is 3.64. The van der Waals surface area contributed by atoms with Gasteiger partial charge in [0.05, 0.1) is 6.61 Å². The molecule has 0 aliphatic heterocycles. The summed E-state index contributed by atoms with van der Waals surface area (Å²) >= 11 is 3.73. The van der Waals surface area contributed by atoms with Crippen LogP contribution in [-0.4, -0.2) is 16.9 Å². The van der Waals surface area contributed by atoms with Crippen molar-refractivity contribution in [1.82, 2.24) is 0 Å². The quantitative estimate of drug-likeness (QED) is 0.230. The summed E-state index contributed by atoms with van der Waals surface area (Å²) in [4.78, 5) is 17.2. The first-order valence-corrected chi connectivity index (χ1v) is 5.16. The van der Waals surface area contributed by atoms with E-state index in [9.17, 15) is 4.57 Å². The van der Waals surface area contributed by atoms with Gasteiger partial charge in [-0.15, -0.1) is 22.0 Å². The first-order chi connectivity index (χ1) is 5.48. The zero-order valence-electron chi connectivity index (χ0n) is 6.67. The Morgan fingerprint density at radius 3 is 2.58 bits per heavy atom. The third kappa shape index (κ3) is 7.05. The molecule has 0 aromatic carbocycles. The Labute approximate surface area is 75.6 Å². The fraction of sp³-hybridized carbons (Fsp3) is 1.00. The van der Waals surface area contributed by atoms with E-state index in [1.807, 2.05) is 0 Å². The van der Waals surface area contributed by atoms with Crippen LogP contribution in [-0.2, 0) is 23.7 Å². The molecule has 1 N–H and O–H groups in total. The molecule has 0 rings (SSSR count). The minimum absolute atomic E-state index is 0.129. The van der Waals surface area contributed by atoms with Gasteiger partial charge in [-0.25, -0.2) is 14.3 Å². The van der Waals surface area contributed by atoms with Crippen LogP contribution in [0.1, 0.15) is 13.8 Å². The average Bonchev–Trinajstić information content (AvgIpc) is 1.98. The standard InChI is InChI=1S/C4H11O6PS/c1-3-7-9-11(5,6)10-8-4(2)12/h4,12H,3H2,1-2H3,(H,5,6). The molecule has 0 radical (unpaired) electrons. The van der Waals surface area contributed by atoms with Crippen molar-refractivity contribution in [3.8, 4) is 0 Å². The summed E-state index contributed by atoms with van der Waals surface area (Å²) in [5.41, 5.74) is -0.629. The third-order valence-corrected chi connectivity index (χ3v) is 1.20. The first-order valence-electron chi connectivity index (χ1n) is 3.15. The van der Waals surface area contributed by atoms with E-state index in [1.165, 1.54) is 6.92 Å². The molecule has 0 aliphatic carbocycles. The third-order valence-electron chi connectivity index (χ3n) is 0.541. The molecular weight excluding hydrogens is 207 g/mol. The number of hydrogen-bond acceptors (Lipinski definition) is 6. The fourth-order valence-electron chi connectivity index (χ4n) is 0.248. The van der Waals surface area contributed by atoms with Crippen molar-refractivity contribution < 1.29 is 28.6 Å². The number of phosphoric acid groups is 1. The van der Waals surface area contributed by atoms with E-state index in [1.54, 1.807) is 6.92 Å². The van der Waals surface area contributed by atoms with Crippen LogP contribution in [0.2, 0.25) is 0 Å². The van der Waals surface area contributed by atoms with Crippen molar-refractivity contribution >= 4 is 20.5 Å². The van der Waals surface area contributed by atoms with E-state index in [0.29, 0.717) is 0 Å². The summed E-state index contributed by atoms with van der Waals surface area (Å²) in [7, 11) is -4.26. The fourth-order valence-corrected chi connectivity index (χ4v) is 0.861. The lowest BCUT2D eigenvalue weighted by atomic mass is 10.9. The molecule has 0 bridgehead atoms. The summed E-state index contributed by atoms with van der Waals surface area (Å²) in [5, 5.41) is 0. The molecule has 2 atom stereocenters. The van der Waals surface area contributed by atoms with Gasteiger partial charge in [0, 0.05) is 0 Å². The van der Waals surface area contributed by atoms with Crippen LogP contribution < -0.4 is 0 Å². The van der Waals surface area contributed by atoms with Gasteiger partial charge in [-0.05, 0) is 13.8 Å². The van der Waals surface area contributed by atoms with Crippen LogP contribution in [0.3, 0.4) is 0 Å². The lowest BCUT2D eigenvalue weighted by molar-refractivity contribution is -0.280. The van der Waals surface area contributed by atoms with Crippen LogP contribution >= 0.6 is 20.5 Å². The monoisotopic (exact) mass is 218 g/mol. The largest absolute Gasteiger partial charge is 0.526 e. The highest BCUT2D eigenvalue weighted by molar-refractivity contribution is 7.80. The van der Waals surface area contributed by atoms with Gasteiger partial charge >= 0.3 is 7.82 Å². The predicted octanol–water partition coefficient (Wildman–Crippen LogP) is 1.28. The van der Waals surface area contributed by atoms with Gasteiger partial charge in [0.1, 0.15) is 5.44 Å². The van der Waals surface area contributed by atoms with E-state index in [2.05, 4.69) is 31.8 Å². The Hall–Kier alpha value is 0.380. The van der Waals surface area contributed by atoms with Crippen molar-refractivity contribution in [3.05, 3.63) is 0 Å². The minimum Gasteiger partial charge on any atom is -0.299 e. The summed E-state index contributed by atoms with van der Waals surface area (Å²) < 4.78 is 18.6.